The Kier molecular flexibility index (Phi) is 2.43. The second-order valence-corrected chi connectivity index (χ2v) is 2.21. The molecule has 0 fully saturated rings. The Hall–Kier alpha value is -2.12. The van der Waals surface area contributed by atoms with Gasteiger partial charge in [0.1, 0.15) is 12.9 Å². The number of hydrogen-bond acceptors (Lipinski definition) is 5. The molecule has 0 aliphatic carbocycles. The van der Waals surface area contributed by atoms with E-state index in [1.54, 1.807) is 0 Å². The zero-order chi connectivity index (χ0) is 9.84. The second-order valence-electron chi connectivity index (χ2n) is 2.21. The highest BCUT2D eigenvalue weighted by atomic mass is 16.2. The van der Waals surface area contributed by atoms with Crippen LogP contribution in [-0.4, -0.2) is 26.7 Å². The molecule has 0 radical (unpaired) electrons. The molecule has 0 aliphatic rings. The summed E-state index contributed by atoms with van der Waals surface area (Å²) in [5, 5.41) is 5.50. The van der Waals surface area contributed by atoms with Crippen LogP contribution >= 0.6 is 0 Å². The summed E-state index contributed by atoms with van der Waals surface area (Å²) in [6.07, 6.45) is 1.27. The first-order chi connectivity index (χ1) is 6.08. The number of amides is 3. The summed E-state index contributed by atoms with van der Waals surface area (Å²) in [6, 6.07) is -0.905. The molecule has 0 spiro atoms. The maximum Gasteiger partial charge on any atom is 0.318 e. The molecule has 8 heteroatoms. The average Bonchev–Trinajstić information content (AvgIpc) is 2.33. The van der Waals surface area contributed by atoms with Gasteiger partial charge in [0.05, 0.1) is 0 Å². The Bertz CT molecular complexity index is 332. The third-order valence-electron chi connectivity index (χ3n) is 1.12. The summed E-state index contributed by atoms with van der Waals surface area (Å²) in [5.41, 5.74) is 9.90. The highest BCUT2D eigenvalue weighted by Gasteiger charge is 2.05. The molecule has 8 nitrogen and oxygen atoms in total. The van der Waals surface area contributed by atoms with Crippen molar-refractivity contribution in [1.29, 1.82) is 0 Å². The maximum atomic E-state index is 10.9. The molecule has 0 unspecified atom stereocenters. The molecule has 0 atom stereocenters. The van der Waals surface area contributed by atoms with Gasteiger partial charge >= 0.3 is 6.03 Å². The third-order valence-corrected chi connectivity index (χ3v) is 1.12. The van der Waals surface area contributed by atoms with Crippen LogP contribution in [0.1, 0.15) is 0 Å². The van der Waals surface area contributed by atoms with Gasteiger partial charge in [0, 0.05) is 0 Å². The lowest BCUT2D eigenvalue weighted by Gasteiger charge is -1.98. The van der Waals surface area contributed by atoms with Gasteiger partial charge in [0.15, 0.2) is 0 Å². The molecule has 0 aliphatic heterocycles. The van der Waals surface area contributed by atoms with Crippen molar-refractivity contribution in [2.24, 2.45) is 5.73 Å². The Labute approximate surface area is 72.9 Å². The van der Waals surface area contributed by atoms with Crippen LogP contribution < -0.4 is 16.8 Å². The minimum absolute atomic E-state index is 0.0619. The fraction of sp³-hybridized carbons (Fsp3) is 0.200. The minimum atomic E-state index is -0.905. The second kappa shape index (κ2) is 3.52. The first-order valence-corrected chi connectivity index (χ1v) is 3.32. The summed E-state index contributed by atoms with van der Waals surface area (Å²) >= 11 is 0. The van der Waals surface area contributed by atoms with E-state index in [1.807, 2.05) is 5.32 Å². The van der Waals surface area contributed by atoms with E-state index in [-0.39, 0.29) is 12.5 Å². The standard InChI is InChI=1S/C5H8N6O2/c6-4-8-2-11(10-4)1-3(12)9-5(7)13/h2H,1H2,(H2,6,10)(H3,7,9,12,13). The van der Waals surface area contributed by atoms with Crippen molar-refractivity contribution in [2.45, 2.75) is 6.54 Å². The number of aromatic nitrogens is 3. The molecule has 0 saturated carbocycles. The van der Waals surface area contributed by atoms with Crippen molar-refractivity contribution in [3.63, 3.8) is 0 Å². The molecule has 0 bridgehead atoms. The van der Waals surface area contributed by atoms with Gasteiger partial charge in [-0.3, -0.25) is 10.1 Å². The lowest BCUT2D eigenvalue weighted by molar-refractivity contribution is -0.120. The van der Waals surface area contributed by atoms with Gasteiger partial charge < -0.3 is 11.5 Å². The summed E-state index contributed by atoms with van der Waals surface area (Å²) in [6.45, 7) is -0.146. The zero-order valence-electron chi connectivity index (χ0n) is 6.60. The van der Waals surface area contributed by atoms with Crippen LogP contribution in [-0.2, 0) is 11.3 Å². The number of hydrogen-bond donors (Lipinski definition) is 3. The monoisotopic (exact) mass is 184 g/mol. The SMILES string of the molecule is NC(=O)NC(=O)Cn1cnc(N)n1. The third kappa shape index (κ3) is 2.77. The number of nitrogens with two attached hydrogens (primary N) is 2. The van der Waals surface area contributed by atoms with Gasteiger partial charge in [0.25, 0.3) is 0 Å². The first kappa shape index (κ1) is 8.97. The number of nitrogens with one attached hydrogen (secondary N) is 1. The quantitative estimate of drug-likeness (QED) is 0.492. The highest BCUT2D eigenvalue weighted by Crippen LogP contribution is 1.88. The molecular formula is C5H8N6O2. The van der Waals surface area contributed by atoms with Gasteiger partial charge in [0.2, 0.25) is 11.9 Å². The Morgan fingerprint density at radius 1 is 1.62 bits per heavy atom. The number of anilines is 1. The van der Waals surface area contributed by atoms with Crippen molar-refractivity contribution < 1.29 is 9.59 Å². The number of rotatable bonds is 2. The van der Waals surface area contributed by atoms with Crippen LogP contribution in [0.5, 0.6) is 0 Å². The summed E-state index contributed by atoms with van der Waals surface area (Å²) in [7, 11) is 0. The molecule has 1 rings (SSSR count). The number of imide groups is 1. The number of nitrogens with zero attached hydrogens (tertiary/aromatic N) is 3. The van der Waals surface area contributed by atoms with Crippen molar-refractivity contribution in [1.82, 2.24) is 20.1 Å². The van der Waals surface area contributed by atoms with Gasteiger partial charge in [-0.15, -0.1) is 5.10 Å². The largest absolute Gasteiger partial charge is 0.367 e. The topological polar surface area (TPSA) is 129 Å². The van der Waals surface area contributed by atoms with Crippen LogP contribution in [0.4, 0.5) is 10.7 Å². The van der Waals surface area contributed by atoms with Crippen LogP contribution in [0.15, 0.2) is 6.33 Å². The van der Waals surface area contributed by atoms with E-state index in [0.29, 0.717) is 0 Å². The van der Waals surface area contributed by atoms with Gasteiger partial charge in [-0.1, -0.05) is 0 Å². The van der Waals surface area contributed by atoms with Crippen LogP contribution in [0.25, 0.3) is 0 Å². The normalized spacial score (nSPS) is 9.54. The number of urea groups is 1. The summed E-state index contributed by atoms with van der Waals surface area (Å²) < 4.78 is 1.19. The van der Waals surface area contributed by atoms with E-state index in [4.69, 9.17) is 11.5 Å². The van der Waals surface area contributed by atoms with Gasteiger partial charge in [-0.25, -0.2) is 14.5 Å². The number of nitrogen functional groups attached to an aromatic ring is 1. The smallest absolute Gasteiger partial charge is 0.318 e. The Morgan fingerprint density at radius 2 is 2.31 bits per heavy atom. The molecule has 1 aromatic heterocycles. The Balaban J connectivity index is 2.50. The van der Waals surface area contributed by atoms with Crippen LogP contribution in [0.2, 0.25) is 0 Å². The van der Waals surface area contributed by atoms with E-state index in [9.17, 15) is 9.59 Å². The fourth-order valence-corrected chi connectivity index (χ4v) is 0.709. The van der Waals surface area contributed by atoms with E-state index < -0.39 is 11.9 Å². The van der Waals surface area contributed by atoms with E-state index in [1.165, 1.54) is 11.0 Å². The summed E-state index contributed by atoms with van der Waals surface area (Å²) in [5.74, 6) is -0.510. The Morgan fingerprint density at radius 3 is 2.77 bits per heavy atom. The fourth-order valence-electron chi connectivity index (χ4n) is 0.709. The molecule has 13 heavy (non-hydrogen) atoms. The molecule has 70 valence electrons. The van der Waals surface area contributed by atoms with Crippen molar-refractivity contribution >= 4 is 17.9 Å². The predicted octanol–water partition coefficient (Wildman–Crippen LogP) is -1.94. The molecule has 1 heterocycles. The first-order valence-electron chi connectivity index (χ1n) is 3.32. The molecule has 0 aromatic carbocycles. The van der Waals surface area contributed by atoms with E-state index >= 15 is 0 Å². The number of primary amides is 1. The maximum absolute atomic E-state index is 10.9. The molecule has 0 saturated heterocycles. The van der Waals surface area contributed by atoms with E-state index in [2.05, 4.69) is 10.1 Å². The minimum Gasteiger partial charge on any atom is -0.367 e. The van der Waals surface area contributed by atoms with E-state index in [0.717, 1.165) is 0 Å². The van der Waals surface area contributed by atoms with Gasteiger partial charge in [-0.2, -0.15) is 0 Å². The molecule has 3 amide bonds. The van der Waals surface area contributed by atoms with Crippen molar-refractivity contribution in [3.05, 3.63) is 6.33 Å². The summed E-state index contributed by atoms with van der Waals surface area (Å²) in [4.78, 5) is 24.7. The lowest BCUT2D eigenvalue weighted by atomic mass is 10.6. The number of carbonyl (C=O) groups excluding carboxylic acids is 2. The van der Waals surface area contributed by atoms with Crippen LogP contribution in [0, 0.1) is 0 Å². The van der Waals surface area contributed by atoms with Crippen molar-refractivity contribution in [3.8, 4) is 0 Å². The number of carbonyl (C=O) groups is 2. The average molecular weight is 184 g/mol. The van der Waals surface area contributed by atoms with Gasteiger partial charge in [-0.05, 0) is 0 Å². The predicted molar refractivity (Wildman–Crippen MR) is 42.2 cm³/mol. The molecule has 5 N–H and O–H groups in total. The van der Waals surface area contributed by atoms with Crippen molar-refractivity contribution in [2.75, 3.05) is 5.73 Å². The highest BCUT2D eigenvalue weighted by molar-refractivity contribution is 5.93. The zero-order valence-corrected chi connectivity index (χ0v) is 6.60. The van der Waals surface area contributed by atoms with Crippen LogP contribution in [0.3, 0.4) is 0 Å². The molecule has 1 aromatic rings. The molecular weight excluding hydrogens is 176 g/mol. The lowest BCUT2D eigenvalue weighted by Crippen LogP contribution is -2.37.